The van der Waals surface area contributed by atoms with Crippen molar-refractivity contribution in [3.8, 4) is 0 Å². The van der Waals surface area contributed by atoms with E-state index in [0.717, 1.165) is 22.4 Å². The summed E-state index contributed by atoms with van der Waals surface area (Å²) in [5, 5.41) is 3.57. The molecule has 3 aromatic carbocycles. The Morgan fingerprint density at radius 1 is 1.00 bits per heavy atom. The van der Waals surface area contributed by atoms with Crippen molar-refractivity contribution >= 4 is 45.0 Å². The molecule has 0 heterocycles. The van der Waals surface area contributed by atoms with Gasteiger partial charge in [0.05, 0.1) is 10.6 Å². The Kier molecular flexibility index (Phi) is 9.45. The molecule has 0 bridgehead atoms. The van der Waals surface area contributed by atoms with Crippen molar-refractivity contribution in [1.82, 2.24) is 5.32 Å². The monoisotopic (exact) mass is 516 g/mol. The molecule has 8 heteroatoms. The molecule has 0 unspecified atom stereocenters. The molecule has 1 amide bonds. The van der Waals surface area contributed by atoms with Gasteiger partial charge in [0.25, 0.3) is 10.0 Å². The molecule has 0 spiro atoms. The predicted molar refractivity (Wildman–Crippen MR) is 142 cm³/mol. The van der Waals surface area contributed by atoms with Crippen LogP contribution in [-0.2, 0) is 27.0 Å². The minimum atomic E-state index is -3.92. The second-order valence-corrected chi connectivity index (χ2v) is 11.2. The van der Waals surface area contributed by atoms with Gasteiger partial charge in [0.1, 0.15) is 6.54 Å². The number of halogens is 1. The molecule has 0 saturated carbocycles. The minimum Gasteiger partial charge on any atom is -0.354 e. The maximum Gasteiger partial charge on any atom is 0.264 e. The molecule has 34 heavy (non-hydrogen) atoms. The number of para-hydroxylation sites is 1. The Morgan fingerprint density at radius 3 is 2.35 bits per heavy atom. The topological polar surface area (TPSA) is 66.5 Å². The van der Waals surface area contributed by atoms with E-state index in [-0.39, 0.29) is 17.3 Å². The highest BCUT2D eigenvalue weighted by Crippen LogP contribution is 2.27. The zero-order chi connectivity index (χ0) is 24.6. The van der Waals surface area contributed by atoms with E-state index in [0.29, 0.717) is 29.4 Å². The molecule has 0 aliphatic heterocycles. The summed E-state index contributed by atoms with van der Waals surface area (Å²) in [5.41, 5.74) is 3.52. The van der Waals surface area contributed by atoms with Crippen LogP contribution in [0.15, 0.2) is 77.7 Å². The molecule has 0 aromatic heterocycles. The molecule has 1 N–H and O–H groups in total. The third-order valence-electron chi connectivity index (χ3n) is 5.29. The van der Waals surface area contributed by atoms with Crippen molar-refractivity contribution in [1.29, 1.82) is 0 Å². The molecule has 0 saturated heterocycles. The van der Waals surface area contributed by atoms with Crippen LogP contribution in [0.25, 0.3) is 0 Å². The average Bonchev–Trinajstić information content (AvgIpc) is 2.83. The number of anilines is 1. The Labute approximate surface area is 211 Å². The number of nitrogens with zero attached hydrogens (tertiary/aromatic N) is 1. The lowest BCUT2D eigenvalue weighted by atomic mass is 10.1. The highest BCUT2D eigenvalue weighted by Gasteiger charge is 2.28. The SMILES string of the molecule is CCc1ccccc1N(CC(=O)NCCSCc1ccc(Cl)cc1)S(=O)(=O)c1ccc(C)cc1. The van der Waals surface area contributed by atoms with E-state index in [1.165, 1.54) is 4.31 Å². The molecule has 3 rings (SSSR count). The fourth-order valence-electron chi connectivity index (χ4n) is 3.41. The zero-order valence-corrected chi connectivity index (χ0v) is 21.7. The first-order valence-electron chi connectivity index (χ1n) is 11.1. The van der Waals surface area contributed by atoms with Gasteiger partial charge in [-0.25, -0.2) is 8.42 Å². The van der Waals surface area contributed by atoms with Gasteiger partial charge in [-0.05, 0) is 54.8 Å². The minimum absolute atomic E-state index is 0.162. The molecule has 0 radical (unpaired) electrons. The molecule has 0 atom stereocenters. The first-order chi connectivity index (χ1) is 16.3. The number of benzene rings is 3. The van der Waals surface area contributed by atoms with Gasteiger partial charge < -0.3 is 5.32 Å². The van der Waals surface area contributed by atoms with E-state index in [1.54, 1.807) is 48.2 Å². The van der Waals surface area contributed by atoms with E-state index in [4.69, 9.17) is 11.6 Å². The van der Waals surface area contributed by atoms with Crippen molar-refractivity contribution in [2.45, 2.75) is 30.9 Å². The molecule has 0 aliphatic carbocycles. The van der Waals surface area contributed by atoms with Crippen molar-refractivity contribution in [3.05, 3.63) is 94.5 Å². The van der Waals surface area contributed by atoms with Gasteiger partial charge in [0.2, 0.25) is 5.91 Å². The standard InChI is InChI=1S/C26H29ClN2O3S2/c1-3-22-6-4-5-7-25(22)29(34(31,32)24-14-8-20(2)9-15-24)18-26(30)28-16-17-33-19-21-10-12-23(27)13-11-21/h4-15H,3,16-19H2,1-2H3,(H,28,30). The van der Waals surface area contributed by atoms with E-state index in [9.17, 15) is 13.2 Å². The van der Waals surface area contributed by atoms with E-state index >= 15 is 0 Å². The molecule has 0 aliphatic rings. The summed E-state index contributed by atoms with van der Waals surface area (Å²) in [7, 11) is -3.92. The van der Waals surface area contributed by atoms with Crippen LogP contribution in [0.4, 0.5) is 5.69 Å². The number of carbonyl (C=O) groups excluding carboxylic acids is 1. The maximum atomic E-state index is 13.5. The van der Waals surface area contributed by atoms with Crippen molar-refractivity contribution < 1.29 is 13.2 Å². The van der Waals surface area contributed by atoms with E-state index in [2.05, 4.69) is 5.32 Å². The molecule has 0 fully saturated rings. The average molecular weight is 517 g/mol. The number of aryl methyl sites for hydroxylation is 2. The summed E-state index contributed by atoms with van der Waals surface area (Å²) in [6.45, 7) is 4.03. The van der Waals surface area contributed by atoms with Crippen molar-refractivity contribution in [2.75, 3.05) is 23.1 Å². The van der Waals surface area contributed by atoms with Crippen molar-refractivity contribution in [3.63, 3.8) is 0 Å². The van der Waals surface area contributed by atoms with Gasteiger partial charge >= 0.3 is 0 Å². The quantitative estimate of drug-likeness (QED) is 0.344. The zero-order valence-electron chi connectivity index (χ0n) is 19.3. The van der Waals surface area contributed by atoms with E-state index < -0.39 is 10.0 Å². The van der Waals surface area contributed by atoms with Crippen LogP contribution in [0, 0.1) is 6.92 Å². The Hall–Kier alpha value is -2.48. The van der Waals surface area contributed by atoms with Gasteiger partial charge in [0, 0.05) is 23.1 Å². The summed E-state index contributed by atoms with van der Waals surface area (Å²) >= 11 is 7.60. The number of amides is 1. The van der Waals surface area contributed by atoms with Gasteiger partial charge in [-0.1, -0.05) is 66.6 Å². The van der Waals surface area contributed by atoms with E-state index in [1.807, 2.05) is 50.2 Å². The van der Waals surface area contributed by atoms with Crippen LogP contribution in [0.1, 0.15) is 23.6 Å². The number of hydrogen-bond acceptors (Lipinski definition) is 4. The van der Waals surface area contributed by atoms with Gasteiger partial charge in [-0.2, -0.15) is 11.8 Å². The number of nitrogens with one attached hydrogen (secondary N) is 1. The number of carbonyl (C=O) groups is 1. The normalized spacial score (nSPS) is 11.3. The molecular formula is C26H29ClN2O3S2. The van der Waals surface area contributed by atoms with Crippen LogP contribution >= 0.6 is 23.4 Å². The number of thioether (sulfide) groups is 1. The molecule has 180 valence electrons. The fourth-order valence-corrected chi connectivity index (χ4v) is 5.81. The highest BCUT2D eigenvalue weighted by molar-refractivity contribution is 7.98. The van der Waals surface area contributed by atoms with Crippen LogP contribution in [-0.4, -0.2) is 33.2 Å². The van der Waals surface area contributed by atoms with Crippen molar-refractivity contribution in [2.24, 2.45) is 0 Å². The van der Waals surface area contributed by atoms with Crippen LogP contribution in [0.2, 0.25) is 5.02 Å². The fraction of sp³-hybridized carbons (Fsp3) is 0.269. The van der Waals surface area contributed by atoms with Crippen LogP contribution < -0.4 is 9.62 Å². The predicted octanol–water partition coefficient (Wildman–Crippen LogP) is 5.46. The lowest BCUT2D eigenvalue weighted by molar-refractivity contribution is -0.119. The Bertz CT molecular complexity index is 1200. The smallest absolute Gasteiger partial charge is 0.264 e. The van der Waals surface area contributed by atoms with Gasteiger partial charge in [0.15, 0.2) is 0 Å². The number of sulfonamides is 1. The van der Waals surface area contributed by atoms with Gasteiger partial charge in [-0.3, -0.25) is 9.10 Å². The molecular weight excluding hydrogens is 488 g/mol. The molecule has 5 nitrogen and oxygen atoms in total. The lowest BCUT2D eigenvalue weighted by Crippen LogP contribution is -2.41. The number of rotatable bonds is 11. The van der Waals surface area contributed by atoms with Crippen LogP contribution in [0.5, 0.6) is 0 Å². The Morgan fingerprint density at radius 2 is 1.68 bits per heavy atom. The number of hydrogen-bond donors (Lipinski definition) is 1. The highest BCUT2D eigenvalue weighted by atomic mass is 35.5. The largest absolute Gasteiger partial charge is 0.354 e. The summed E-state index contributed by atoms with van der Waals surface area (Å²) in [5.74, 6) is 1.18. The third-order valence-corrected chi connectivity index (χ3v) is 8.34. The third kappa shape index (κ3) is 7.01. The summed E-state index contributed by atoms with van der Waals surface area (Å²) < 4.78 is 28.3. The summed E-state index contributed by atoms with van der Waals surface area (Å²) in [6, 6.07) is 21.7. The first-order valence-corrected chi connectivity index (χ1v) is 14.0. The van der Waals surface area contributed by atoms with Crippen LogP contribution in [0.3, 0.4) is 0 Å². The van der Waals surface area contributed by atoms with Gasteiger partial charge in [-0.15, -0.1) is 0 Å². The molecule has 3 aromatic rings. The Balaban J connectivity index is 1.68. The first kappa shape index (κ1) is 26.1. The second-order valence-electron chi connectivity index (χ2n) is 7.84. The lowest BCUT2D eigenvalue weighted by Gasteiger charge is -2.26. The maximum absolute atomic E-state index is 13.5. The summed E-state index contributed by atoms with van der Waals surface area (Å²) in [4.78, 5) is 13.0. The summed E-state index contributed by atoms with van der Waals surface area (Å²) in [6.07, 6.45) is 0.652. The second kappa shape index (κ2) is 12.3.